The van der Waals surface area contributed by atoms with Crippen LogP contribution in [0.4, 0.5) is 0 Å². The molecular weight excluding hydrogens is 813 g/mol. The van der Waals surface area contributed by atoms with Crippen LogP contribution in [-0.2, 0) is 38.1 Å². The van der Waals surface area contributed by atoms with Crippen LogP contribution in [-0.4, -0.2) is 93.3 Å². The fourth-order valence-electron chi connectivity index (χ4n) is 15.1. The Morgan fingerprint density at radius 3 is 2.44 bits per heavy atom. The molecule has 0 bridgehead atoms. The largest absolute Gasteiger partial charge is 0.458 e. The molecule has 10 rings (SSSR count). The zero-order valence-electron chi connectivity index (χ0n) is 38.8. The molecule has 11 heteroatoms. The number of aliphatic hydroxyl groups is 3. The average molecular weight is 885 g/mol. The van der Waals surface area contributed by atoms with E-state index in [1.165, 1.54) is 12.0 Å². The van der Waals surface area contributed by atoms with Crippen molar-refractivity contribution in [3.63, 3.8) is 0 Å². The summed E-state index contributed by atoms with van der Waals surface area (Å²) in [6.45, 7) is 15.4. The molecule has 3 heterocycles. The topological polar surface area (TPSA) is 165 Å². The van der Waals surface area contributed by atoms with Crippen molar-refractivity contribution in [1.82, 2.24) is 0 Å². The lowest BCUT2D eigenvalue weighted by atomic mass is 9.44. The van der Waals surface area contributed by atoms with Crippen molar-refractivity contribution >= 4 is 17.9 Å². The molecule has 8 fully saturated rings. The molecule has 0 aromatic rings. The minimum absolute atomic E-state index is 0.0301. The van der Waals surface area contributed by atoms with Gasteiger partial charge in [-0.25, -0.2) is 4.79 Å². The number of carbonyl (C=O) groups excluding carboxylic acids is 3. The third-order valence-corrected chi connectivity index (χ3v) is 19.0. The molecule has 7 aliphatic carbocycles. The number of epoxide rings is 2. The molecule has 3 unspecified atom stereocenters. The second-order valence-corrected chi connectivity index (χ2v) is 22.6. The summed E-state index contributed by atoms with van der Waals surface area (Å²) in [5.41, 5.74) is 1.38. The van der Waals surface area contributed by atoms with Crippen LogP contribution in [0.15, 0.2) is 58.7 Å². The summed E-state index contributed by atoms with van der Waals surface area (Å²) in [6.07, 6.45) is 18.3. The number of unbranched alkanes of at least 4 members (excludes halogenated alkanes) is 1. The van der Waals surface area contributed by atoms with Crippen molar-refractivity contribution in [2.75, 3.05) is 6.61 Å². The number of hydrogen-bond donors (Lipinski definition) is 3. The van der Waals surface area contributed by atoms with Gasteiger partial charge in [-0.3, -0.25) is 9.59 Å². The van der Waals surface area contributed by atoms with Gasteiger partial charge in [-0.1, -0.05) is 65.0 Å². The predicted octanol–water partition coefficient (Wildman–Crippen LogP) is 7.85. The fourth-order valence-corrected chi connectivity index (χ4v) is 15.1. The fraction of sp³-hybridized carbons (Fsp3) is 0.755. The number of aliphatic hydroxyl groups excluding tert-OH is 2. The number of carbonyl (C=O) groups is 3. The summed E-state index contributed by atoms with van der Waals surface area (Å²) in [5.74, 6) is 0.820. The molecule has 11 nitrogen and oxygen atoms in total. The minimum atomic E-state index is -1.31. The van der Waals surface area contributed by atoms with E-state index in [9.17, 15) is 29.7 Å². The third kappa shape index (κ3) is 6.92. The van der Waals surface area contributed by atoms with Gasteiger partial charge in [0.1, 0.15) is 23.9 Å². The van der Waals surface area contributed by atoms with Gasteiger partial charge in [0.05, 0.1) is 24.4 Å². The van der Waals surface area contributed by atoms with Crippen LogP contribution in [0.25, 0.3) is 0 Å². The number of fused-ring (bicyclic) bond motifs is 5. The van der Waals surface area contributed by atoms with E-state index in [4.69, 9.17) is 23.7 Å². The Kier molecular flexibility index (Phi) is 11.2. The van der Waals surface area contributed by atoms with Crippen LogP contribution in [0, 0.1) is 46.3 Å². The van der Waals surface area contributed by atoms with Gasteiger partial charge < -0.3 is 39.0 Å². The van der Waals surface area contributed by atoms with E-state index in [-0.39, 0.29) is 72.9 Å². The maximum absolute atomic E-state index is 13.7. The molecule has 350 valence electrons. The van der Waals surface area contributed by atoms with Gasteiger partial charge in [0.2, 0.25) is 0 Å². The van der Waals surface area contributed by atoms with Gasteiger partial charge in [-0.05, 0) is 147 Å². The Labute approximate surface area is 379 Å². The molecule has 6 saturated carbocycles. The number of hydrogen-bond acceptors (Lipinski definition) is 11. The molecule has 2 saturated heterocycles. The van der Waals surface area contributed by atoms with E-state index in [1.807, 2.05) is 0 Å². The Bertz CT molecular complexity index is 2080. The van der Waals surface area contributed by atoms with E-state index >= 15 is 0 Å². The summed E-state index contributed by atoms with van der Waals surface area (Å²) in [4.78, 5) is 39.6. The molecule has 1 spiro atoms. The second kappa shape index (κ2) is 16.0. The van der Waals surface area contributed by atoms with Gasteiger partial charge in [-0.15, -0.1) is 0 Å². The molecule has 0 aromatic carbocycles. The number of cyclic esters (lactones) is 1. The van der Waals surface area contributed by atoms with Crippen LogP contribution in [0.1, 0.15) is 144 Å². The summed E-state index contributed by atoms with van der Waals surface area (Å²) >= 11 is 0. The number of ether oxygens (including phenoxy) is 5. The van der Waals surface area contributed by atoms with Gasteiger partial charge in [-0.2, -0.15) is 0 Å². The average Bonchev–Trinajstić information content (AvgIpc) is 4.20. The molecule has 15 atom stereocenters. The zero-order chi connectivity index (χ0) is 45.1. The van der Waals surface area contributed by atoms with Crippen molar-refractivity contribution in [1.29, 1.82) is 0 Å². The molecular formula is C53H72O11. The van der Waals surface area contributed by atoms with Gasteiger partial charge in [0.15, 0.2) is 11.7 Å². The van der Waals surface area contributed by atoms with E-state index in [2.05, 4.69) is 65.5 Å². The Balaban J connectivity index is 0.731. The predicted molar refractivity (Wildman–Crippen MR) is 237 cm³/mol. The number of esters is 3. The highest BCUT2D eigenvalue weighted by Crippen LogP contribution is 2.76. The Morgan fingerprint density at radius 2 is 1.69 bits per heavy atom. The molecule has 64 heavy (non-hydrogen) atoms. The van der Waals surface area contributed by atoms with Crippen LogP contribution in [0.2, 0.25) is 0 Å². The van der Waals surface area contributed by atoms with Crippen molar-refractivity contribution < 1.29 is 53.4 Å². The summed E-state index contributed by atoms with van der Waals surface area (Å²) in [5, 5.41) is 33.6. The molecule has 3 aliphatic heterocycles. The third-order valence-electron chi connectivity index (χ3n) is 19.0. The lowest BCUT2D eigenvalue weighted by molar-refractivity contribution is -0.222. The smallest absolute Gasteiger partial charge is 0.334 e. The number of rotatable bonds is 13. The highest BCUT2D eigenvalue weighted by Gasteiger charge is 2.91. The minimum Gasteiger partial charge on any atom is -0.458 e. The summed E-state index contributed by atoms with van der Waals surface area (Å²) in [7, 11) is 0. The van der Waals surface area contributed by atoms with Crippen LogP contribution >= 0.6 is 0 Å². The first-order valence-corrected chi connectivity index (χ1v) is 25.0. The highest BCUT2D eigenvalue weighted by atomic mass is 16.7. The first-order chi connectivity index (χ1) is 30.5. The standard InChI is InChI=1S/C53H72O11/c1-29(2)52-44(63-52)27-51(59)50(6)23-21-36-37(28-60-47(36)58)40(50)26-43-53(51,64-43)48(52)62-46(57)12-8-7-11-45(56)61-42(33-15-16-33)20-13-30(3)38-18-19-39-32(10-9-22-49(38,39)5)14-17-34-24-35(54)25-41(55)31(34)4/h13-14,17,20,29-30,33,35,38-44,48,54-55,59H,4,7-12,15-16,18-19,21-28H2,1-3,5-6H3/b20-13+,32-14+,34-17-/t30-,35+,38?,39?,40-,41-,42?,43-,44-,48+,49+,50-,51+,52-,53+/m0/s1. The normalized spacial score (nSPS) is 45.3. The van der Waals surface area contributed by atoms with E-state index in [0.29, 0.717) is 75.0 Å². The quantitative estimate of drug-likeness (QED) is 0.0543. The van der Waals surface area contributed by atoms with Gasteiger partial charge in [0, 0.05) is 36.7 Å². The Hall–Kier alpha value is -3.09. The lowest BCUT2D eigenvalue weighted by Crippen LogP contribution is -2.74. The first kappa shape index (κ1) is 44.7. The molecule has 0 radical (unpaired) electrons. The van der Waals surface area contributed by atoms with E-state index in [0.717, 1.165) is 60.8 Å². The summed E-state index contributed by atoms with van der Waals surface area (Å²) in [6, 6.07) is 0. The first-order valence-electron chi connectivity index (χ1n) is 25.0. The van der Waals surface area contributed by atoms with Gasteiger partial charge in [0.25, 0.3) is 0 Å². The summed E-state index contributed by atoms with van der Waals surface area (Å²) < 4.78 is 31.1. The van der Waals surface area contributed by atoms with Gasteiger partial charge >= 0.3 is 17.9 Å². The molecule has 0 amide bonds. The zero-order valence-corrected chi connectivity index (χ0v) is 38.8. The lowest BCUT2D eigenvalue weighted by Gasteiger charge is -2.60. The van der Waals surface area contributed by atoms with Crippen molar-refractivity contribution in [2.45, 2.75) is 197 Å². The molecule has 10 aliphatic rings. The molecule has 0 aromatic heterocycles. The molecule has 3 N–H and O–H groups in total. The second-order valence-electron chi connectivity index (χ2n) is 22.6. The van der Waals surface area contributed by atoms with Crippen molar-refractivity contribution in [2.24, 2.45) is 46.3 Å². The van der Waals surface area contributed by atoms with Crippen molar-refractivity contribution in [3.05, 3.63) is 58.7 Å². The highest BCUT2D eigenvalue weighted by molar-refractivity contribution is 5.92. The maximum Gasteiger partial charge on any atom is 0.334 e. The van der Waals surface area contributed by atoms with Crippen LogP contribution in [0.3, 0.4) is 0 Å². The Morgan fingerprint density at radius 1 is 0.922 bits per heavy atom. The van der Waals surface area contributed by atoms with Crippen molar-refractivity contribution in [3.8, 4) is 0 Å². The van der Waals surface area contributed by atoms with E-state index in [1.54, 1.807) is 0 Å². The van der Waals surface area contributed by atoms with Crippen LogP contribution in [0.5, 0.6) is 0 Å². The monoisotopic (exact) mass is 885 g/mol. The van der Waals surface area contributed by atoms with E-state index < -0.39 is 40.5 Å². The van der Waals surface area contributed by atoms with Crippen LogP contribution < -0.4 is 0 Å². The SMILES string of the molecule is C=C1/C(=C\C=C2/CCC[C@@]3(C)C2CCC3[C@@H](C)/C=C/C(OC(=O)CCCCC(=O)O[C@@H]2[C@@]3(C(C)C)O[C@H]3C[C@]3(O)[C@]24O[C@H]4C[C@H]2C4=C(CC[C@@]23C)C(=O)OC4)C2CC2)C[C@@H](O)C[C@@H]1O. The number of allylic oxidation sites excluding steroid dienone is 4. The maximum atomic E-state index is 13.7.